The zero-order chi connectivity index (χ0) is 22.3. The number of hydrogen-bond donors (Lipinski definition) is 3. The van der Waals surface area contributed by atoms with E-state index in [-0.39, 0.29) is 6.54 Å². The van der Waals surface area contributed by atoms with Crippen molar-refractivity contribution >= 4 is 33.6 Å². The lowest BCUT2D eigenvalue weighted by Gasteiger charge is -2.10. The van der Waals surface area contributed by atoms with Crippen molar-refractivity contribution in [2.45, 2.75) is 20.8 Å². The third-order valence-electron chi connectivity index (χ3n) is 4.26. The minimum atomic E-state index is -3.53. The molecule has 1 aromatic carbocycles. The number of pyridine rings is 1. The van der Waals surface area contributed by atoms with Gasteiger partial charge in [0.1, 0.15) is 23.3 Å². The highest BCUT2D eigenvalue weighted by Gasteiger charge is 2.06. The Morgan fingerprint density at radius 3 is 2.35 bits per heavy atom. The number of rotatable bonds is 9. The van der Waals surface area contributed by atoms with E-state index in [1.165, 1.54) is 5.41 Å². The molecule has 0 aliphatic carbocycles. The molecule has 0 unspecified atom stereocenters. The molecule has 0 aliphatic rings. The largest absolute Gasteiger partial charge is 0.369 e. The molecule has 0 fully saturated rings. The highest BCUT2D eigenvalue weighted by molar-refractivity contribution is 7.92. The van der Waals surface area contributed by atoms with Crippen molar-refractivity contribution in [3.8, 4) is 0 Å². The molecule has 9 heteroatoms. The van der Waals surface area contributed by atoms with E-state index in [1.807, 2.05) is 50.2 Å². The number of hydrogen-bond acceptors (Lipinski definition) is 7. The molecule has 3 aromatic rings. The number of benzene rings is 1. The van der Waals surface area contributed by atoms with Crippen molar-refractivity contribution in [2.75, 3.05) is 23.7 Å². The van der Waals surface area contributed by atoms with Gasteiger partial charge in [-0.1, -0.05) is 29.8 Å². The van der Waals surface area contributed by atoms with Crippen LogP contribution < -0.4 is 15.4 Å². The number of aryl methyl sites for hydroxylation is 3. The lowest BCUT2D eigenvalue weighted by atomic mass is 10.2. The van der Waals surface area contributed by atoms with E-state index in [2.05, 4.69) is 30.3 Å². The Morgan fingerprint density at radius 2 is 1.61 bits per heavy atom. The monoisotopic (exact) mass is 438 g/mol. The van der Waals surface area contributed by atoms with Gasteiger partial charge in [0, 0.05) is 30.8 Å². The second-order valence-electron chi connectivity index (χ2n) is 7.11. The normalized spacial score (nSPS) is 11.6. The van der Waals surface area contributed by atoms with Crippen LogP contribution in [-0.4, -0.2) is 36.5 Å². The van der Waals surface area contributed by atoms with Crippen LogP contribution in [0.25, 0.3) is 6.08 Å². The molecule has 2 aromatic heterocycles. The molecule has 3 N–H and O–H groups in total. The highest BCUT2D eigenvalue weighted by Crippen LogP contribution is 2.16. The maximum Gasteiger partial charge on any atom is 0.233 e. The summed E-state index contributed by atoms with van der Waals surface area (Å²) in [5.74, 6) is 2.48. The second kappa shape index (κ2) is 10.1. The van der Waals surface area contributed by atoms with Crippen molar-refractivity contribution in [2.24, 2.45) is 0 Å². The van der Waals surface area contributed by atoms with Gasteiger partial charge in [-0.2, -0.15) is 0 Å². The molecule has 31 heavy (non-hydrogen) atoms. The van der Waals surface area contributed by atoms with Gasteiger partial charge in [0.15, 0.2) is 0 Å². The highest BCUT2D eigenvalue weighted by atomic mass is 32.2. The van der Waals surface area contributed by atoms with Crippen molar-refractivity contribution in [1.82, 2.24) is 19.7 Å². The number of anilines is 3. The standard InChI is InChI=1S/C22H26N6O2S/c1-16-4-6-19(7-5-16)9-13-31(29,30)25-12-11-24-21-15-22(27-18(3)26-21)28-20-14-17(2)8-10-23-20/h4-10,13-15,25H,11-12H2,1-3H3,(H2,23,24,26,27,28)/b13-9+. The summed E-state index contributed by atoms with van der Waals surface area (Å²) >= 11 is 0. The van der Waals surface area contributed by atoms with Crippen LogP contribution >= 0.6 is 0 Å². The van der Waals surface area contributed by atoms with Gasteiger partial charge in [0.05, 0.1) is 0 Å². The first-order chi connectivity index (χ1) is 14.8. The first-order valence-corrected chi connectivity index (χ1v) is 11.4. The van der Waals surface area contributed by atoms with E-state index in [9.17, 15) is 8.42 Å². The van der Waals surface area contributed by atoms with Crippen LogP contribution in [0, 0.1) is 20.8 Å². The summed E-state index contributed by atoms with van der Waals surface area (Å²) in [5, 5.41) is 7.44. The molecule has 0 saturated heterocycles. The molecular weight excluding hydrogens is 412 g/mol. The van der Waals surface area contributed by atoms with Gasteiger partial charge in [-0.15, -0.1) is 0 Å². The predicted octanol–water partition coefficient (Wildman–Crippen LogP) is 3.54. The minimum Gasteiger partial charge on any atom is -0.369 e. The summed E-state index contributed by atoms with van der Waals surface area (Å²) in [7, 11) is -3.53. The van der Waals surface area contributed by atoms with Crippen molar-refractivity contribution in [3.05, 3.63) is 76.6 Å². The van der Waals surface area contributed by atoms with Crippen LogP contribution in [0.5, 0.6) is 0 Å². The summed E-state index contributed by atoms with van der Waals surface area (Å²) in [6.07, 6.45) is 3.30. The maximum atomic E-state index is 12.2. The molecule has 0 bridgehead atoms. The van der Waals surface area contributed by atoms with Crippen LogP contribution in [0.15, 0.2) is 54.1 Å². The molecule has 8 nitrogen and oxygen atoms in total. The van der Waals surface area contributed by atoms with Crippen LogP contribution in [0.1, 0.15) is 22.5 Å². The predicted molar refractivity (Wildman–Crippen MR) is 125 cm³/mol. The van der Waals surface area contributed by atoms with Crippen molar-refractivity contribution < 1.29 is 8.42 Å². The summed E-state index contributed by atoms with van der Waals surface area (Å²) in [6, 6.07) is 13.2. The molecule has 3 rings (SSSR count). The molecule has 0 saturated carbocycles. The first kappa shape index (κ1) is 22.4. The van der Waals surface area contributed by atoms with Gasteiger partial charge < -0.3 is 10.6 Å². The molecule has 0 radical (unpaired) electrons. The molecule has 0 atom stereocenters. The lowest BCUT2D eigenvalue weighted by molar-refractivity contribution is 0.592. The molecule has 0 amide bonds. The summed E-state index contributed by atoms with van der Waals surface area (Å²) < 4.78 is 26.8. The summed E-state index contributed by atoms with van der Waals surface area (Å²) in [5.41, 5.74) is 3.04. The van der Waals surface area contributed by atoms with Gasteiger partial charge in [-0.25, -0.2) is 28.1 Å². The van der Waals surface area contributed by atoms with Gasteiger partial charge in [-0.05, 0) is 50.1 Å². The third-order valence-corrected chi connectivity index (χ3v) is 5.36. The van der Waals surface area contributed by atoms with Crippen LogP contribution in [0.3, 0.4) is 0 Å². The van der Waals surface area contributed by atoms with E-state index in [4.69, 9.17) is 0 Å². The third kappa shape index (κ3) is 7.47. The first-order valence-electron chi connectivity index (χ1n) is 9.83. The zero-order valence-electron chi connectivity index (χ0n) is 17.8. The summed E-state index contributed by atoms with van der Waals surface area (Å²) in [6.45, 7) is 6.35. The van der Waals surface area contributed by atoms with Gasteiger partial charge in [0.2, 0.25) is 10.0 Å². The topological polar surface area (TPSA) is 109 Å². The SMILES string of the molecule is Cc1ccc(/C=C/S(=O)(=O)NCCNc2cc(Nc3cc(C)ccn3)nc(C)n2)cc1. The van der Waals surface area contributed by atoms with Crippen LogP contribution in [0.4, 0.5) is 17.5 Å². The van der Waals surface area contributed by atoms with Gasteiger partial charge in [0.25, 0.3) is 0 Å². The number of sulfonamides is 1. The fraction of sp³-hybridized carbons (Fsp3) is 0.227. The number of aromatic nitrogens is 3. The average molecular weight is 439 g/mol. The smallest absolute Gasteiger partial charge is 0.233 e. The molecular formula is C22H26N6O2S. The van der Waals surface area contributed by atoms with E-state index in [0.29, 0.717) is 29.8 Å². The van der Waals surface area contributed by atoms with Crippen LogP contribution in [-0.2, 0) is 10.0 Å². The number of nitrogens with zero attached hydrogens (tertiary/aromatic N) is 3. The Bertz CT molecular complexity index is 1160. The van der Waals surface area contributed by atoms with E-state index < -0.39 is 10.0 Å². The van der Waals surface area contributed by atoms with E-state index in [0.717, 1.165) is 16.7 Å². The van der Waals surface area contributed by atoms with E-state index >= 15 is 0 Å². The molecule has 2 heterocycles. The fourth-order valence-corrected chi connectivity index (χ4v) is 3.55. The van der Waals surface area contributed by atoms with Gasteiger partial charge in [-0.3, -0.25) is 0 Å². The Hall–Kier alpha value is -3.30. The quantitative estimate of drug-likeness (QED) is 0.438. The Kier molecular flexibility index (Phi) is 7.32. The zero-order valence-corrected chi connectivity index (χ0v) is 18.6. The van der Waals surface area contributed by atoms with E-state index in [1.54, 1.807) is 25.3 Å². The Balaban J connectivity index is 1.52. The van der Waals surface area contributed by atoms with Crippen molar-refractivity contribution in [3.63, 3.8) is 0 Å². The molecule has 0 spiro atoms. The summed E-state index contributed by atoms with van der Waals surface area (Å²) in [4.78, 5) is 13.0. The maximum absolute atomic E-state index is 12.2. The molecule has 0 aliphatic heterocycles. The Morgan fingerprint density at radius 1 is 0.871 bits per heavy atom. The minimum absolute atomic E-state index is 0.214. The fourth-order valence-electron chi connectivity index (χ4n) is 2.74. The number of nitrogens with one attached hydrogen (secondary N) is 3. The molecule has 162 valence electrons. The van der Waals surface area contributed by atoms with Crippen molar-refractivity contribution in [1.29, 1.82) is 0 Å². The van der Waals surface area contributed by atoms with Crippen LogP contribution in [0.2, 0.25) is 0 Å². The Labute approximate surface area is 182 Å². The van der Waals surface area contributed by atoms with Gasteiger partial charge >= 0.3 is 0 Å². The lowest BCUT2D eigenvalue weighted by Crippen LogP contribution is -2.27. The average Bonchev–Trinajstić information content (AvgIpc) is 2.71. The second-order valence-corrected chi connectivity index (χ2v) is 8.76.